The second kappa shape index (κ2) is 14.3. The molecule has 0 atom stereocenters. The van der Waals surface area contributed by atoms with Crippen molar-refractivity contribution in [2.24, 2.45) is 23.7 Å². The van der Waals surface area contributed by atoms with Crippen LogP contribution in [0.2, 0.25) is 0 Å². The van der Waals surface area contributed by atoms with Gasteiger partial charge in [0, 0.05) is 76.0 Å². The average Bonchev–Trinajstić information content (AvgIpc) is 2.77. The van der Waals surface area contributed by atoms with Gasteiger partial charge in [0.25, 0.3) is 0 Å². The van der Waals surface area contributed by atoms with E-state index in [-0.39, 0.29) is 47.3 Å². The summed E-state index contributed by atoms with van der Waals surface area (Å²) in [4.78, 5) is 58.8. The first-order valence-electron chi connectivity index (χ1n) is 13.0. The smallest absolute Gasteiger partial charge is 0.225 e. The standard InChI is InChI=1S/C26H48N4O4/c1-19(2)23(31)27-11-9-12-29(25(33)21(5)6)17-18-30(26(34)22(7)8)14-10-13-28(16-15-27)24(32)20(3)4/h19-22H,9-18H2,1-8H3. The van der Waals surface area contributed by atoms with Crippen LogP contribution in [0, 0.1) is 23.7 Å². The lowest BCUT2D eigenvalue weighted by atomic mass is 10.1. The molecule has 4 amide bonds. The molecule has 8 nitrogen and oxygen atoms in total. The molecule has 0 aromatic rings. The van der Waals surface area contributed by atoms with Gasteiger partial charge in [-0.3, -0.25) is 19.2 Å². The van der Waals surface area contributed by atoms with Crippen LogP contribution < -0.4 is 0 Å². The summed E-state index contributed by atoms with van der Waals surface area (Å²) in [6.45, 7) is 19.2. The van der Waals surface area contributed by atoms with Crippen LogP contribution in [-0.4, -0.2) is 95.6 Å². The van der Waals surface area contributed by atoms with Crippen molar-refractivity contribution >= 4 is 23.6 Å². The molecule has 0 radical (unpaired) electrons. The van der Waals surface area contributed by atoms with Crippen molar-refractivity contribution in [2.75, 3.05) is 52.4 Å². The van der Waals surface area contributed by atoms with Crippen LogP contribution in [0.3, 0.4) is 0 Å². The summed E-state index contributed by atoms with van der Waals surface area (Å²) in [5.74, 6) is -0.235. The molecule has 0 aromatic carbocycles. The van der Waals surface area contributed by atoms with Crippen molar-refractivity contribution in [3.8, 4) is 0 Å². The second-order valence-electron chi connectivity index (χ2n) is 10.6. The highest BCUT2D eigenvalue weighted by molar-refractivity contribution is 5.80. The average molecular weight is 481 g/mol. The van der Waals surface area contributed by atoms with Crippen molar-refractivity contribution in [3.63, 3.8) is 0 Å². The van der Waals surface area contributed by atoms with Crippen molar-refractivity contribution in [3.05, 3.63) is 0 Å². The molecule has 1 fully saturated rings. The summed E-state index contributed by atoms with van der Waals surface area (Å²) in [5, 5.41) is 0. The Morgan fingerprint density at radius 2 is 0.559 bits per heavy atom. The van der Waals surface area contributed by atoms with Gasteiger partial charge in [-0.2, -0.15) is 0 Å². The van der Waals surface area contributed by atoms with Gasteiger partial charge in [0.2, 0.25) is 23.6 Å². The zero-order valence-electron chi connectivity index (χ0n) is 22.8. The largest absolute Gasteiger partial charge is 0.341 e. The van der Waals surface area contributed by atoms with Crippen molar-refractivity contribution in [2.45, 2.75) is 68.2 Å². The topological polar surface area (TPSA) is 81.2 Å². The maximum absolute atomic E-state index is 12.9. The van der Waals surface area contributed by atoms with Crippen LogP contribution in [0.5, 0.6) is 0 Å². The number of hydrogen-bond acceptors (Lipinski definition) is 4. The number of carbonyl (C=O) groups is 4. The maximum Gasteiger partial charge on any atom is 0.225 e. The molecule has 0 unspecified atom stereocenters. The third-order valence-corrected chi connectivity index (χ3v) is 6.21. The van der Waals surface area contributed by atoms with E-state index in [0.29, 0.717) is 65.2 Å². The molecule has 0 N–H and O–H groups in total. The fourth-order valence-electron chi connectivity index (χ4n) is 4.18. The predicted octanol–water partition coefficient (Wildman–Crippen LogP) is 2.72. The Kier molecular flexibility index (Phi) is 12.6. The normalized spacial score (nSPS) is 17.5. The number of amides is 4. The van der Waals surface area contributed by atoms with Crippen LogP contribution in [-0.2, 0) is 19.2 Å². The fraction of sp³-hybridized carbons (Fsp3) is 0.846. The minimum atomic E-state index is -0.128. The molecular weight excluding hydrogens is 432 g/mol. The fourth-order valence-corrected chi connectivity index (χ4v) is 4.18. The zero-order valence-corrected chi connectivity index (χ0v) is 22.8. The molecule has 196 valence electrons. The van der Waals surface area contributed by atoms with Gasteiger partial charge in [0.05, 0.1) is 0 Å². The van der Waals surface area contributed by atoms with Gasteiger partial charge in [0.1, 0.15) is 0 Å². The Balaban J connectivity index is 3.16. The summed E-state index contributed by atoms with van der Waals surface area (Å²) in [7, 11) is 0. The van der Waals surface area contributed by atoms with E-state index in [1.165, 1.54) is 0 Å². The van der Waals surface area contributed by atoms with Crippen LogP contribution in [0.15, 0.2) is 0 Å². The van der Waals surface area contributed by atoms with Gasteiger partial charge in [-0.25, -0.2) is 0 Å². The highest BCUT2D eigenvalue weighted by Gasteiger charge is 2.25. The van der Waals surface area contributed by atoms with Crippen LogP contribution in [0.4, 0.5) is 0 Å². The van der Waals surface area contributed by atoms with Crippen LogP contribution in [0.1, 0.15) is 68.2 Å². The van der Waals surface area contributed by atoms with Crippen molar-refractivity contribution in [1.29, 1.82) is 0 Å². The summed E-state index contributed by atoms with van der Waals surface area (Å²) < 4.78 is 0. The van der Waals surface area contributed by atoms with E-state index in [4.69, 9.17) is 0 Å². The molecule has 8 heteroatoms. The molecule has 34 heavy (non-hydrogen) atoms. The molecule has 0 bridgehead atoms. The SMILES string of the molecule is CC(C)C(=O)N1CCCN(C(=O)C(C)C)CCN(C(=O)C(C)C)CCCN(C(=O)C(C)C)CC1. The third kappa shape index (κ3) is 9.26. The first-order valence-corrected chi connectivity index (χ1v) is 13.0. The Morgan fingerprint density at radius 1 is 0.382 bits per heavy atom. The molecule has 1 saturated heterocycles. The first kappa shape index (κ1) is 29.9. The lowest BCUT2D eigenvalue weighted by Crippen LogP contribution is -2.48. The van der Waals surface area contributed by atoms with Gasteiger partial charge in [0.15, 0.2) is 0 Å². The molecule has 1 aliphatic rings. The third-order valence-electron chi connectivity index (χ3n) is 6.21. The zero-order chi connectivity index (χ0) is 26.0. The summed E-state index contributed by atoms with van der Waals surface area (Å²) in [6.07, 6.45) is 1.32. The Hall–Kier alpha value is -2.12. The first-order chi connectivity index (χ1) is 15.9. The minimum absolute atomic E-state index is 0.0690. The molecule has 1 aliphatic heterocycles. The molecule has 0 aromatic heterocycles. The minimum Gasteiger partial charge on any atom is -0.341 e. The summed E-state index contributed by atoms with van der Waals surface area (Å²) >= 11 is 0. The number of rotatable bonds is 4. The quantitative estimate of drug-likeness (QED) is 0.620. The molecule has 0 spiro atoms. The van der Waals surface area contributed by atoms with Gasteiger partial charge in [-0.1, -0.05) is 55.4 Å². The maximum atomic E-state index is 12.9. The molecule has 1 heterocycles. The molecule has 0 aliphatic carbocycles. The monoisotopic (exact) mass is 480 g/mol. The Labute approximate surface area is 207 Å². The van der Waals surface area contributed by atoms with Crippen molar-refractivity contribution < 1.29 is 19.2 Å². The molecule has 0 saturated carbocycles. The van der Waals surface area contributed by atoms with E-state index in [2.05, 4.69) is 0 Å². The predicted molar refractivity (Wildman–Crippen MR) is 135 cm³/mol. The Bertz CT molecular complexity index is 576. The number of hydrogen-bond donors (Lipinski definition) is 0. The number of nitrogens with zero attached hydrogens (tertiary/aromatic N) is 4. The van der Waals surface area contributed by atoms with E-state index < -0.39 is 0 Å². The molecule has 1 rings (SSSR count). The van der Waals surface area contributed by atoms with Crippen molar-refractivity contribution in [1.82, 2.24) is 19.6 Å². The number of carbonyl (C=O) groups excluding carboxylic acids is 4. The van der Waals surface area contributed by atoms with E-state index in [1.807, 2.05) is 75.0 Å². The lowest BCUT2D eigenvalue weighted by Gasteiger charge is -2.34. The highest BCUT2D eigenvalue weighted by atomic mass is 16.2. The van der Waals surface area contributed by atoms with E-state index in [9.17, 15) is 19.2 Å². The second-order valence-corrected chi connectivity index (χ2v) is 10.6. The van der Waals surface area contributed by atoms with Gasteiger partial charge in [-0.15, -0.1) is 0 Å². The summed E-state index contributed by atoms with van der Waals surface area (Å²) in [6, 6.07) is 0. The van der Waals surface area contributed by atoms with E-state index >= 15 is 0 Å². The van der Waals surface area contributed by atoms with Crippen LogP contribution in [0.25, 0.3) is 0 Å². The highest BCUT2D eigenvalue weighted by Crippen LogP contribution is 2.11. The van der Waals surface area contributed by atoms with E-state index in [0.717, 1.165) is 0 Å². The van der Waals surface area contributed by atoms with Gasteiger partial charge in [-0.05, 0) is 12.8 Å². The van der Waals surface area contributed by atoms with E-state index in [1.54, 1.807) is 0 Å². The Morgan fingerprint density at radius 3 is 0.706 bits per heavy atom. The lowest BCUT2D eigenvalue weighted by molar-refractivity contribution is -0.140. The molecular formula is C26H48N4O4. The van der Waals surface area contributed by atoms with Gasteiger partial charge >= 0.3 is 0 Å². The van der Waals surface area contributed by atoms with Crippen LogP contribution >= 0.6 is 0 Å². The summed E-state index contributed by atoms with van der Waals surface area (Å²) in [5.41, 5.74) is 0. The van der Waals surface area contributed by atoms with Gasteiger partial charge < -0.3 is 19.6 Å².